The van der Waals surface area contributed by atoms with Gasteiger partial charge in [0.05, 0.1) is 26.2 Å². The maximum atomic E-state index is 13.0. The first kappa shape index (κ1) is 22.2. The van der Waals surface area contributed by atoms with Gasteiger partial charge in [0.15, 0.2) is 0 Å². The van der Waals surface area contributed by atoms with Crippen molar-refractivity contribution in [2.45, 2.75) is 18.5 Å². The molecule has 3 amide bonds. The van der Waals surface area contributed by atoms with Crippen LogP contribution >= 0.6 is 11.8 Å². The van der Waals surface area contributed by atoms with Gasteiger partial charge >= 0.3 is 6.03 Å². The van der Waals surface area contributed by atoms with Gasteiger partial charge in [0, 0.05) is 11.1 Å². The fourth-order valence-electron chi connectivity index (χ4n) is 4.14. The second-order valence-corrected chi connectivity index (χ2v) is 8.57. The van der Waals surface area contributed by atoms with Gasteiger partial charge in [-0.1, -0.05) is 60.7 Å². The van der Waals surface area contributed by atoms with E-state index in [9.17, 15) is 9.59 Å². The maximum Gasteiger partial charge on any atom is 0.312 e. The molecule has 2 aromatic carbocycles. The zero-order valence-corrected chi connectivity index (χ0v) is 18.2. The lowest BCUT2D eigenvalue weighted by molar-refractivity contribution is -0.929. The number of nitrogens with two attached hydrogens (primary N) is 1. The number of nitrogens with one attached hydrogen (secondary N) is 2. The van der Waals surface area contributed by atoms with Gasteiger partial charge in [-0.3, -0.25) is 4.79 Å². The van der Waals surface area contributed by atoms with E-state index in [1.807, 2.05) is 23.3 Å². The summed E-state index contributed by atoms with van der Waals surface area (Å²) in [6, 6.07) is 20.2. The smallest absolute Gasteiger partial charge is 0.312 e. The SMILES string of the molecule is CSCC[C@H](NC(N)=O)C(=O)N1CC[NH+](C(c2ccccc2)c2ccccc2)CC1. The van der Waals surface area contributed by atoms with Gasteiger partial charge in [-0.05, 0) is 18.4 Å². The topological polar surface area (TPSA) is 79.9 Å². The molecule has 6 nitrogen and oxygen atoms in total. The molecule has 0 saturated carbocycles. The van der Waals surface area contributed by atoms with Crippen LogP contribution in [0.5, 0.6) is 0 Å². The van der Waals surface area contributed by atoms with Crippen molar-refractivity contribution in [3.8, 4) is 0 Å². The number of primary amides is 1. The highest BCUT2D eigenvalue weighted by molar-refractivity contribution is 7.98. The lowest BCUT2D eigenvalue weighted by atomic mass is 9.96. The predicted octanol–water partition coefficient (Wildman–Crippen LogP) is 1.29. The van der Waals surface area contributed by atoms with Crippen LogP contribution in [-0.4, -0.2) is 61.1 Å². The van der Waals surface area contributed by atoms with Crippen LogP contribution in [0.4, 0.5) is 4.79 Å². The van der Waals surface area contributed by atoms with Gasteiger partial charge in [-0.2, -0.15) is 11.8 Å². The van der Waals surface area contributed by atoms with Crippen LogP contribution in [0.3, 0.4) is 0 Å². The number of carbonyl (C=O) groups is 2. The molecule has 1 atom stereocenters. The molecule has 0 spiro atoms. The highest BCUT2D eigenvalue weighted by atomic mass is 32.2. The van der Waals surface area contributed by atoms with E-state index in [4.69, 9.17) is 5.73 Å². The van der Waals surface area contributed by atoms with E-state index in [0.717, 1.165) is 18.8 Å². The first-order valence-corrected chi connectivity index (χ1v) is 11.8. The Labute approximate surface area is 182 Å². The molecule has 30 heavy (non-hydrogen) atoms. The van der Waals surface area contributed by atoms with Crippen molar-refractivity contribution in [2.75, 3.05) is 38.2 Å². The normalized spacial score (nSPS) is 15.7. The Hall–Kier alpha value is -2.51. The Morgan fingerprint density at radius 1 is 1.03 bits per heavy atom. The van der Waals surface area contributed by atoms with Crippen molar-refractivity contribution in [2.24, 2.45) is 5.73 Å². The molecule has 1 heterocycles. The van der Waals surface area contributed by atoms with E-state index in [2.05, 4.69) is 53.8 Å². The molecular weight excluding hydrogens is 396 g/mol. The minimum absolute atomic E-state index is 0.0297. The number of rotatable bonds is 8. The summed E-state index contributed by atoms with van der Waals surface area (Å²) in [7, 11) is 0. The average Bonchev–Trinajstić information content (AvgIpc) is 2.78. The summed E-state index contributed by atoms with van der Waals surface area (Å²) < 4.78 is 0. The van der Waals surface area contributed by atoms with Crippen molar-refractivity contribution < 1.29 is 14.5 Å². The molecule has 0 unspecified atom stereocenters. The second-order valence-electron chi connectivity index (χ2n) is 7.58. The van der Waals surface area contributed by atoms with Crippen molar-refractivity contribution in [1.29, 1.82) is 0 Å². The van der Waals surface area contributed by atoms with Gasteiger partial charge in [-0.25, -0.2) is 4.79 Å². The molecule has 7 heteroatoms. The van der Waals surface area contributed by atoms with Crippen molar-refractivity contribution >= 4 is 23.7 Å². The van der Waals surface area contributed by atoms with Gasteiger partial charge in [0.2, 0.25) is 5.91 Å². The van der Waals surface area contributed by atoms with Crippen LogP contribution in [0.1, 0.15) is 23.6 Å². The Balaban J connectivity index is 1.70. The van der Waals surface area contributed by atoms with E-state index in [-0.39, 0.29) is 11.9 Å². The monoisotopic (exact) mass is 427 g/mol. The number of quaternary nitrogens is 1. The third-order valence-corrected chi connectivity index (χ3v) is 6.26. The van der Waals surface area contributed by atoms with E-state index < -0.39 is 12.1 Å². The lowest BCUT2D eigenvalue weighted by Gasteiger charge is -2.38. The highest BCUT2D eigenvalue weighted by Crippen LogP contribution is 2.19. The summed E-state index contributed by atoms with van der Waals surface area (Å²) in [5, 5.41) is 2.62. The van der Waals surface area contributed by atoms with Crippen molar-refractivity contribution in [3.63, 3.8) is 0 Å². The third-order valence-electron chi connectivity index (χ3n) is 5.62. The third kappa shape index (κ3) is 5.77. The number of benzene rings is 2. The molecule has 1 aliphatic rings. The highest BCUT2D eigenvalue weighted by Gasteiger charge is 2.33. The number of urea groups is 1. The summed E-state index contributed by atoms with van der Waals surface area (Å²) in [6.45, 7) is 3.04. The molecular formula is C23H31N4O2S+. The number of hydrogen-bond donors (Lipinski definition) is 3. The van der Waals surface area contributed by atoms with Crippen LogP contribution in [0.15, 0.2) is 60.7 Å². The fraction of sp³-hybridized carbons (Fsp3) is 0.391. The molecule has 160 valence electrons. The average molecular weight is 428 g/mol. The Morgan fingerprint density at radius 3 is 2.03 bits per heavy atom. The lowest BCUT2D eigenvalue weighted by Crippen LogP contribution is -3.15. The molecule has 4 N–H and O–H groups in total. The summed E-state index contributed by atoms with van der Waals surface area (Å²) in [5.41, 5.74) is 7.86. The van der Waals surface area contributed by atoms with Crippen LogP contribution < -0.4 is 16.0 Å². The molecule has 1 saturated heterocycles. The molecule has 0 bridgehead atoms. The van der Waals surface area contributed by atoms with Crippen LogP contribution in [-0.2, 0) is 4.79 Å². The first-order chi connectivity index (χ1) is 14.6. The molecule has 0 aliphatic carbocycles. The molecule has 3 rings (SSSR count). The number of amides is 3. The Kier molecular flexibility index (Phi) is 8.16. The standard InChI is InChI=1S/C23H30N4O2S/c1-30-17-12-20(25-23(24)29)22(28)27-15-13-26(14-16-27)21(18-8-4-2-5-9-18)19-10-6-3-7-11-19/h2-11,20-21H,12-17H2,1H3,(H3,24,25,29)/p+1/t20-/m0/s1. The van der Waals surface area contributed by atoms with Crippen LogP contribution in [0.25, 0.3) is 0 Å². The number of carbonyl (C=O) groups excluding carboxylic acids is 2. The predicted molar refractivity (Wildman–Crippen MR) is 122 cm³/mol. The molecule has 1 aliphatic heterocycles. The van der Waals surface area contributed by atoms with Gasteiger partial charge in [0.25, 0.3) is 0 Å². The van der Waals surface area contributed by atoms with Crippen LogP contribution in [0, 0.1) is 0 Å². The largest absolute Gasteiger partial charge is 0.352 e. The minimum Gasteiger partial charge on any atom is -0.352 e. The van der Waals surface area contributed by atoms with E-state index in [0.29, 0.717) is 19.5 Å². The number of nitrogens with zero attached hydrogens (tertiary/aromatic N) is 1. The summed E-state index contributed by atoms with van der Waals surface area (Å²) in [4.78, 5) is 27.7. The van der Waals surface area contributed by atoms with Crippen molar-refractivity contribution in [3.05, 3.63) is 71.8 Å². The van der Waals surface area contributed by atoms with E-state index in [1.54, 1.807) is 11.8 Å². The molecule has 2 aromatic rings. The maximum absolute atomic E-state index is 13.0. The quantitative estimate of drug-likeness (QED) is 0.594. The minimum atomic E-state index is -0.646. The molecule has 0 aromatic heterocycles. The fourth-order valence-corrected chi connectivity index (χ4v) is 4.61. The Morgan fingerprint density at radius 2 is 1.57 bits per heavy atom. The summed E-state index contributed by atoms with van der Waals surface area (Å²) >= 11 is 1.65. The molecule has 0 radical (unpaired) electrons. The molecule has 1 fully saturated rings. The number of piperazine rings is 1. The zero-order valence-electron chi connectivity index (χ0n) is 17.4. The second kappa shape index (κ2) is 11.0. The summed E-state index contributed by atoms with van der Waals surface area (Å²) in [5.74, 6) is 0.768. The number of thioether (sulfide) groups is 1. The first-order valence-electron chi connectivity index (χ1n) is 10.4. The number of hydrogen-bond acceptors (Lipinski definition) is 3. The van der Waals surface area contributed by atoms with Gasteiger partial charge in [0.1, 0.15) is 12.1 Å². The van der Waals surface area contributed by atoms with Crippen LogP contribution in [0.2, 0.25) is 0 Å². The van der Waals surface area contributed by atoms with E-state index >= 15 is 0 Å². The van der Waals surface area contributed by atoms with Crippen molar-refractivity contribution in [1.82, 2.24) is 10.2 Å². The van der Waals surface area contributed by atoms with Gasteiger partial charge < -0.3 is 20.9 Å². The van der Waals surface area contributed by atoms with Gasteiger partial charge in [-0.15, -0.1) is 0 Å². The van der Waals surface area contributed by atoms with E-state index in [1.165, 1.54) is 16.0 Å². The summed E-state index contributed by atoms with van der Waals surface area (Å²) in [6.07, 6.45) is 2.58. The zero-order chi connectivity index (χ0) is 21.3. The Bertz CT molecular complexity index is 771.